The zero-order valence-electron chi connectivity index (χ0n) is 13.1. The number of hydrogen-bond donors (Lipinski definition) is 1. The van der Waals surface area contributed by atoms with Gasteiger partial charge in [0.15, 0.2) is 0 Å². The molecular weight excluding hydrogens is 321 g/mol. The molecular formula is C16H27Cl2N3O. The van der Waals surface area contributed by atoms with Crippen LogP contribution in [0.25, 0.3) is 0 Å². The summed E-state index contributed by atoms with van der Waals surface area (Å²) in [5.41, 5.74) is 7.18. The van der Waals surface area contributed by atoms with E-state index in [1.54, 1.807) is 0 Å². The molecule has 1 aliphatic rings. The van der Waals surface area contributed by atoms with Crippen LogP contribution in [0.4, 0.5) is 0 Å². The number of carbonyl (C=O) groups excluding carboxylic acids is 1. The second kappa shape index (κ2) is 10.8. The van der Waals surface area contributed by atoms with E-state index in [2.05, 4.69) is 29.2 Å². The monoisotopic (exact) mass is 347 g/mol. The summed E-state index contributed by atoms with van der Waals surface area (Å²) in [6.45, 7) is 6.51. The maximum Gasteiger partial charge on any atom is 0.239 e. The van der Waals surface area contributed by atoms with Crippen molar-refractivity contribution in [3.63, 3.8) is 0 Å². The summed E-state index contributed by atoms with van der Waals surface area (Å²) in [4.78, 5) is 16.5. The summed E-state index contributed by atoms with van der Waals surface area (Å²) >= 11 is 0. The van der Waals surface area contributed by atoms with E-state index in [-0.39, 0.29) is 36.8 Å². The second-order valence-corrected chi connectivity index (χ2v) is 5.46. The fourth-order valence-electron chi connectivity index (χ4n) is 2.60. The molecule has 1 fully saturated rings. The summed E-state index contributed by atoms with van der Waals surface area (Å²) < 4.78 is 0. The molecule has 1 heterocycles. The molecule has 1 aliphatic heterocycles. The lowest BCUT2D eigenvalue weighted by Gasteiger charge is -2.24. The van der Waals surface area contributed by atoms with Gasteiger partial charge in [-0.25, -0.2) is 0 Å². The van der Waals surface area contributed by atoms with Crippen LogP contribution in [0.15, 0.2) is 30.3 Å². The Morgan fingerprint density at radius 2 is 1.82 bits per heavy atom. The summed E-state index contributed by atoms with van der Waals surface area (Å²) in [6.07, 6.45) is 1.73. The van der Waals surface area contributed by atoms with E-state index in [1.165, 1.54) is 5.56 Å². The fraction of sp³-hybridized carbons (Fsp3) is 0.562. The van der Waals surface area contributed by atoms with Crippen molar-refractivity contribution < 1.29 is 4.79 Å². The summed E-state index contributed by atoms with van der Waals surface area (Å²) in [5, 5.41) is 0. The van der Waals surface area contributed by atoms with Gasteiger partial charge in [0.05, 0.1) is 6.04 Å². The summed E-state index contributed by atoms with van der Waals surface area (Å²) in [5.74, 6) is 0.106. The molecule has 0 saturated carbocycles. The van der Waals surface area contributed by atoms with Gasteiger partial charge in [0.2, 0.25) is 5.91 Å². The first-order chi connectivity index (χ1) is 9.70. The van der Waals surface area contributed by atoms with E-state index in [1.807, 2.05) is 17.9 Å². The average molecular weight is 348 g/mol. The lowest BCUT2D eigenvalue weighted by molar-refractivity contribution is -0.132. The third kappa shape index (κ3) is 6.13. The zero-order chi connectivity index (χ0) is 14.4. The minimum absolute atomic E-state index is 0. The quantitative estimate of drug-likeness (QED) is 0.908. The normalized spacial score (nSPS) is 16.9. The Bertz CT molecular complexity index is 431. The first-order valence-corrected chi connectivity index (χ1v) is 7.51. The number of nitrogens with two attached hydrogens (primary N) is 1. The number of rotatable bonds is 4. The van der Waals surface area contributed by atoms with Crippen molar-refractivity contribution in [3.8, 4) is 0 Å². The molecule has 1 aromatic carbocycles. The minimum atomic E-state index is -0.337. The van der Waals surface area contributed by atoms with Crippen LogP contribution in [0, 0.1) is 0 Å². The Morgan fingerprint density at radius 1 is 1.14 bits per heavy atom. The largest absolute Gasteiger partial charge is 0.340 e. The molecule has 2 N–H and O–H groups in total. The average Bonchev–Trinajstić information content (AvgIpc) is 2.72. The third-order valence-electron chi connectivity index (χ3n) is 3.91. The number of amides is 1. The minimum Gasteiger partial charge on any atom is -0.340 e. The zero-order valence-corrected chi connectivity index (χ0v) is 14.7. The van der Waals surface area contributed by atoms with Crippen molar-refractivity contribution in [1.29, 1.82) is 0 Å². The van der Waals surface area contributed by atoms with Gasteiger partial charge < -0.3 is 10.6 Å². The number of nitrogens with zero attached hydrogens (tertiary/aromatic N) is 2. The van der Waals surface area contributed by atoms with Gasteiger partial charge in [-0.1, -0.05) is 37.3 Å². The molecule has 4 nitrogen and oxygen atoms in total. The number of benzene rings is 1. The molecule has 22 heavy (non-hydrogen) atoms. The lowest BCUT2D eigenvalue weighted by atomic mass is 10.2. The van der Waals surface area contributed by atoms with Crippen molar-refractivity contribution >= 4 is 30.7 Å². The first kappa shape index (κ1) is 21.2. The van der Waals surface area contributed by atoms with Crippen LogP contribution in [0.2, 0.25) is 0 Å². The molecule has 1 saturated heterocycles. The molecule has 0 aromatic heterocycles. The third-order valence-corrected chi connectivity index (χ3v) is 3.91. The molecule has 0 bridgehead atoms. The molecule has 6 heteroatoms. The van der Waals surface area contributed by atoms with Gasteiger partial charge in [-0.05, 0) is 18.4 Å². The van der Waals surface area contributed by atoms with Crippen LogP contribution >= 0.6 is 24.8 Å². The van der Waals surface area contributed by atoms with Gasteiger partial charge in [0, 0.05) is 32.7 Å². The molecule has 0 spiro atoms. The highest BCUT2D eigenvalue weighted by atomic mass is 35.5. The molecule has 1 aromatic rings. The highest BCUT2D eigenvalue weighted by molar-refractivity contribution is 5.85. The van der Waals surface area contributed by atoms with E-state index < -0.39 is 0 Å². The maximum atomic E-state index is 12.1. The fourth-order valence-corrected chi connectivity index (χ4v) is 2.60. The molecule has 1 amide bonds. The Labute approximate surface area is 145 Å². The summed E-state index contributed by atoms with van der Waals surface area (Å²) in [7, 11) is 0. The van der Waals surface area contributed by atoms with Crippen LogP contribution in [0.1, 0.15) is 25.3 Å². The highest BCUT2D eigenvalue weighted by Crippen LogP contribution is 2.10. The second-order valence-electron chi connectivity index (χ2n) is 5.46. The number of hydrogen-bond acceptors (Lipinski definition) is 3. The summed E-state index contributed by atoms with van der Waals surface area (Å²) in [6, 6.07) is 10.2. The molecule has 0 aliphatic carbocycles. The van der Waals surface area contributed by atoms with Crippen LogP contribution in [-0.4, -0.2) is 47.9 Å². The van der Waals surface area contributed by atoms with Crippen LogP contribution < -0.4 is 5.73 Å². The van der Waals surface area contributed by atoms with Crippen molar-refractivity contribution in [1.82, 2.24) is 9.80 Å². The standard InChI is InChI=1S/C16H25N3O.2ClH/c1-2-15(17)16(20)19-10-6-9-18(11-12-19)13-14-7-4-3-5-8-14;;/h3-5,7-8,15H,2,6,9-13,17H2,1H3;2*1H/t15-;;/m0../s1. The Hall–Kier alpha value is -0.810. The smallest absolute Gasteiger partial charge is 0.239 e. The predicted molar refractivity (Wildman–Crippen MR) is 95.7 cm³/mol. The van der Waals surface area contributed by atoms with Crippen molar-refractivity contribution in [3.05, 3.63) is 35.9 Å². The van der Waals surface area contributed by atoms with Gasteiger partial charge >= 0.3 is 0 Å². The van der Waals surface area contributed by atoms with E-state index in [9.17, 15) is 4.79 Å². The number of halogens is 2. The van der Waals surface area contributed by atoms with Gasteiger partial charge in [0.25, 0.3) is 0 Å². The SMILES string of the molecule is CC[C@H](N)C(=O)N1CCCN(Cc2ccccc2)CC1.Cl.Cl. The Morgan fingerprint density at radius 3 is 2.45 bits per heavy atom. The van der Waals surface area contributed by atoms with Gasteiger partial charge in [-0.15, -0.1) is 24.8 Å². The van der Waals surface area contributed by atoms with Crippen molar-refractivity contribution in [2.45, 2.75) is 32.4 Å². The molecule has 0 radical (unpaired) electrons. The van der Waals surface area contributed by atoms with E-state index in [0.29, 0.717) is 6.42 Å². The predicted octanol–water partition coefficient (Wildman–Crippen LogP) is 2.30. The first-order valence-electron chi connectivity index (χ1n) is 7.51. The lowest BCUT2D eigenvalue weighted by Crippen LogP contribution is -2.44. The molecule has 2 rings (SSSR count). The van der Waals surface area contributed by atoms with E-state index in [4.69, 9.17) is 5.73 Å². The molecule has 1 atom stereocenters. The van der Waals surface area contributed by atoms with Crippen LogP contribution in [-0.2, 0) is 11.3 Å². The topological polar surface area (TPSA) is 49.6 Å². The van der Waals surface area contributed by atoms with Crippen LogP contribution in [0.3, 0.4) is 0 Å². The van der Waals surface area contributed by atoms with Crippen LogP contribution in [0.5, 0.6) is 0 Å². The molecule has 0 unspecified atom stereocenters. The maximum absolute atomic E-state index is 12.1. The van der Waals surface area contributed by atoms with E-state index in [0.717, 1.165) is 39.1 Å². The van der Waals surface area contributed by atoms with Crippen molar-refractivity contribution in [2.24, 2.45) is 5.73 Å². The number of carbonyl (C=O) groups is 1. The Balaban J connectivity index is 0.00000220. The van der Waals surface area contributed by atoms with Gasteiger partial charge in [-0.3, -0.25) is 9.69 Å². The molecule has 126 valence electrons. The van der Waals surface area contributed by atoms with E-state index >= 15 is 0 Å². The van der Waals surface area contributed by atoms with Gasteiger partial charge in [-0.2, -0.15) is 0 Å². The van der Waals surface area contributed by atoms with Crippen molar-refractivity contribution in [2.75, 3.05) is 26.2 Å². The highest BCUT2D eigenvalue weighted by Gasteiger charge is 2.22. The van der Waals surface area contributed by atoms with Gasteiger partial charge in [0.1, 0.15) is 0 Å². The Kier molecular flexibility index (Phi) is 10.4.